The van der Waals surface area contributed by atoms with Crippen LogP contribution in [0, 0.1) is 0 Å². The first-order valence-corrected chi connectivity index (χ1v) is 5.15. The van der Waals surface area contributed by atoms with E-state index >= 15 is 0 Å². The van der Waals surface area contributed by atoms with Crippen LogP contribution in [-0.2, 0) is 9.36 Å². The van der Waals surface area contributed by atoms with E-state index in [1.807, 2.05) is 0 Å². The zero-order valence-electron chi connectivity index (χ0n) is 6.56. The van der Waals surface area contributed by atoms with Crippen LogP contribution in [0.4, 0.5) is 0 Å². The zero-order chi connectivity index (χ0) is 9.78. The number of primary amides is 1. The molecule has 12 heavy (non-hydrogen) atoms. The number of carbonyl (C=O) groups is 1. The van der Waals surface area contributed by atoms with E-state index in [9.17, 15) is 9.36 Å². The summed E-state index contributed by atoms with van der Waals surface area (Å²) in [5.74, 6) is -0.624. The average Bonchev–Trinajstić information content (AvgIpc) is 1.84. The predicted octanol–water partition coefficient (Wildman–Crippen LogP) is -0.0142. The van der Waals surface area contributed by atoms with E-state index in [2.05, 4.69) is 6.58 Å². The second kappa shape index (κ2) is 4.40. The predicted molar refractivity (Wildman–Crippen MR) is 44.5 cm³/mol. The van der Waals surface area contributed by atoms with Crippen LogP contribution in [0.2, 0.25) is 0 Å². The van der Waals surface area contributed by atoms with Crippen molar-refractivity contribution in [3.63, 3.8) is 0 Å². The molecule has 0 heterocycles. The normalized spacial score (nSPS) is 11.2. The van der Waals surface area contributed by atoms with Crippen LogP contribution in [-0.4, -0.2) is 21.9 Å². The van der Waals surface area contributed by atoms with Crippen molar-refractivity contribution in [3.05, 3.63) is 12.2 Å². The SMILES string of the molecule is C=C(CCCP(=O)(O)O)C(N)=O. The van der Waals surface area contributed by atoms with Crippen molar-refractivity contribution in [2.45, 2.75) is 12.8 Å². The number of amides is 1. The van der Waals surface area contributed by atoms with Crippen LogP contribution in [0.25, 0.3) is 0 Å². The van der Waals surface area contributed by atoms with E-state index in [0.29, 0.717) is 0 Å². The van der Waals surface area contributed by atoms with Crippen molar-refractivity contribution in [2.24, 2.45) is 5.73 Å². The first kappa shape index (κ1) is 11.4. The molecule has 0 spiro atoms. The molecule has 0 aliphatic heterocycles. The summed E-state index contributed by atoms with van der Waals surface area (Å²) in [6.45, 7) is 3.35. The van der Waals surface area contributed by atoms with E-state index in [1.54, 1.807) is 0 Å². The molecule has 6 heteroatoms. The molecule has 0 aromatic carbocycles. The highest BCUT2D eigenvalue weighted by Crippen LogP contribution is 2.35. The second-order valence-electron chi connectivity index (χ2n) is 2.46. The Balaban J connectivity index is 3.65. The molecule has 0 saturated heterocycles. The molecule has 0 aliphatic rings. The van der Waals surface area contributed by atoms with Crippen molar-refractivity contribution in [3.8, 4) is 0 Å². The van der Waals surface area contributed by atoms with Crippen molar-refractivity contribution < 1.29 is 19.1 Å². The molecule has 0 fully saturated rings. The minimum absolute atomic E-state index is 0.198. The summed E-state index contributed by atoms with van der Waals surface area (Å²) >= 11 is 0. The summed E-state index contributed by atoms with van der Waals surface area (Å²) < 4.78 is 10.3. The topological polar surface area (TPSA) is 101 Å². The van der Waals surface area contributed by atoms with E-state index < -0.39 is 13.5 Å². The fourth-order valence-electron chi connectivity index (χ4n) is 0.622. The number of hydrogen-bond donors (Lipinski definition) is 3. The summed E-state index contributed by atoms with van der Waals surface area (Å²) in [4.78, 5) is 27.3. The van der Waals surface area contributed by atoms with Gasteiger partial charge in [-0.3, -0.25) is 9.36 Å². The van der Waals surface area contributed by atoms with Crippen LogP contribution >= 0.6 is 7.60 Å². The highest BCUT2D eigenvalue weighted by atomic mass is 31.2. The third kappa shape index (κ3) is 6.09. The van der Waals surface area contributed by atoms with Crippen LogP contribution in [0.3, 0.4) is 0 Å². The summed E-state index contributed by atoms with van der Waals surface area (Å²) in [5.41, 5.74) is 5.05. The minimum atomic E-state index is -3.95. The molecule has 0 radical (unpaired) electrons. The lowest BCUT2D eigenvalue weighted by molar-refractivity contribution is -0.114. The fraction of sp³-hybridized carbons (Fsp3) is 0.500. The van der Waals surface area contributed by atoms with Crippen LogP contribution in [0.5, 0.6) is 0 Å². The fourth-order valence-corrected chi connectivity index (χ4v) is 1.19. The Bertz CT molecular complexity index is 232. The molecule has 0 aromatic rings. The minimum Gasteiger partial charge on any atom is -0.366 e. The highest BCUT2D eigenvalue weighted by Gasteiger charge is 2.12. The molecule has 5 nitrogen and oxygen atoms in total. The Kier molecular flexibility index (Phi) is 4.17. The lowest BCUT2D eigenvalue weighted by atomic mass is 10.2. The number of nitrogens with two attached hydrogens (primary N) is 1. The van der Waals surface area contributed by atoms with Gasteiger partial charge in [0.25, 0.3) is 0 Å². The van der Waals surface area contributed by atoms with Crippen LogP contribution < -0.4 is 5.73 Å². The molecule has 4 N–H and O–H groups in total. The lowest BCUT2D eigenvalue weighted by Gasteiger charge is -2.03. The first-order valence-electron chi connectivity index (χ1n) is 3.35. The van der Waals surface area contributed by atoms with Crippen LogP contribution in [0.15, 0.2) is 12.2 Å². The van der Waals surface area contributed by atoms with Crippen molar-refractivity contribution in [1.29, 1.82) is 0 Å². The van der Waals surface area contributed by atoms with E-state index in [4.69, 9.17) is 15.5 Å². The Morgan fingerprint density at radius 1 is 1.50 bits per heavy atom. The Labute approximate surface area is 70.4 Å². The molecule has 0 aromatic heterocycles. The smallest absolute Gasteiger partial charge is 0.325 e. The summed E-state index contributed by atoms with van der Waals surface area (Å²) in [7, 11) is -3.95. The molecule has 0 unspecified atom stereocenters. The molecule has 0 aliphatic carbocycles. The molecule has 1 amide bonds. The molecule has 0 bridgehead atoms. The zero-order valence-corrected chi connectivity index (χ0v) is 7.46. The van der Waals surface area contributed by atoms with Gasteiger partial charge in [-0.25, -0.2) is 0 Å². The van der Waals surface area contributed by atoms with Gasteiger partial charge in [-0.2, -0.15) is 0 Å². The van der Waals surface area contributed by atoms with Gasteiger partial charge in [0, 0.05) is 5.57 Å². The van der Waals surface area contributed by atoms with Gasteiger partial charge in [-0.15, -0.1) is 0 Å². The van der Waals surface area contributed by atoms with Gasteiger partial charge in [-0.05, 0) is 12.8 Å². The van der Waals surface area contributed by atoms with Gasteiger partial charge in [-0.1, -0.05) is 6.58 Å². The van der Waals surface area contributed by atoms with Crippen molar-refractivity contribution >= 4 is 13.5 Å². The number of carbonyl (C=O) groups excluding carboxylic acids is 1. The van der Waals surface area contributed by atoms with E-state index in [-0.39, 0.29) is 24.6 Å². The van der Waals surface area contributed by atoms with Gasteiger partial charge in [0.1, 0.15) is 0 Å². The standard InChI is InChI=1S/C6H12NO4P/c1-5(6(7)8)3-2-4-12(9,10)11/h1-4H2,(H2,7,8)(H2,9,10,11). The molecule has 0 rings (SSSR count). The molecule has 70 valence electrons. The largest absolute Gasteiger partial charge is 0.366 e. The van der Waals surface area contributed by atoms with Gasteiger partial charge in [0.05, 0.1) is 6.16 Å². The summed E-state index contributed by atoms with van der Waals surface area (Å²) in [5, 5.41) is 0. The molecule has 0 atom stereocenters. The number of hydrogen-bond acceptors (Lipinski definition) is 2. The molecular weight excluding hydrogens is 181 g/mol. The molecular formula is C6H12NO4P. The highest BCUT2D eigenvalue weighted by molar-refractivity contribution is 7.51. The van der Waals surface area contributed by atoms with Crippen molar-refractivity contribution in [1.82, 2.24) is 0 Å². The summed E-state index contributed by atoms with van der Waals surface area (Å²) in [6, 6.07) is 0. The molecule has 0 saturated carbocycles. The summed E-state index contributed by atoms with van der Waals surface area (Å²) in [6.07, 6.45) is 0.228. The average molecular weight is 193 g/mol. The Morgan fingerprint density at radius 2 is 2.00 bits per heavy atom. The van der Waals surface area contributed by atoms with E-state index in [1.165, 1.54) is 0 Å². The van der Waals surface area contributed by atoms with Gasteiger partial charge in [0.2, 0.25) is 5.91 Å². The lowest BCUT2D eigenvalue weighted by Crippen LogP contribution is -2.13. The van der Waals surface area contributed by atoms with Gasteiger partial charge >= 0.3 is 7.60 Å². The van der Waals surface area contributed by atoms with Gasteiger partial charge < -0.3 is 15.5 Å². The maximum absolute atomic E-state index is 10.4. The maximum atomic E-state index is 10.4. The second-order valence-corrected chi connectivity index (χ2v) is 4.24. The van der Waals surface area contributed by atoms with E-state index in [0.717, 1.165) is 0 Å². The Morgan fingerprint density at radius 3 is 2.33 bits per heavy atom. The third-order valence-electron chi connectivity index (χ3n) is 1.28. The van der Waals surface area contributed by atoms with Crippen LogP contribution in [0.1, 0.15) is 12.8 Å². The number of rotatable bonds is 5. The monoisotopic (exact) mass is 193 g/mol. The van der Waals surface area contributed by atoms with Gasteiger partial charge in [0.15, 0.2) is 0 Å². The van der Waals surface area contributed by atoms with Crippen molar-refractivity contribution in [2.75, 3.05) is 6.16 Å². The first-order chi connectivity index (χ1) is 5.33. The maximum Gasteiger partial charge on any atom is 0.325 e. The quantitative estimate of drug-likeness (QED) is 0.422. The third-order valence-corrected chi connectivity index (χ3v) is 2.18. The Hall–Kier alpha value is -0.640.